The summed E-state index contributed by atoms with van der Waals surface area (Å²) in [5.41, 5.74) is -0.231. The minimum Gasteiger partial charge on any atom is -0.508 e. The minimum atomic E-state index is -1.03. The quantitative estimate of drug-likeness (QED) is 0.348. The van der Waals surface area contributed by atoms with Gasteiger partial charge in [-0.3, -0.25) is 14.4 Å². The van der Waals surface area contributed by atoms with Crippen molar-refractivity contribution >= 4 is 23.9 Å². The standard InChI is InChI=1S/C28H43N3O7/c1-7-18(3)23(30-27(36)38-28(4,5)6)26(35)31(20-10-9-11-20)24(19-12-14-21(32)15-13-19)25(34)29-17-16-22(33)37-8-2/h12-15,18,20,23-24,32H,7-11,16-17H2,1-6H3,(H,29,34)(H,30,36). The van der Waals surface area contributed by atoms with Crippen molar-refractivity contribution in [2.75, 3.05) is 13.2 Å². The smallest absolute Gasteiger partial charge is 0.408 e. The summed E-state index contributed by atoms with van der Waals surface area (Å²) in [5.74, 6) is -1.47. The Balaban J connectivity index is 2.42. The second-order valence-electron chi connectivity index (χ2n) is 10.7. The first kappa shape index (κ1) is 30.9. The molecule has 1 aromatic carbocycles. The maximum Gasteiger partial charge on any atom is 0.408 e. The molecule has 1 fully saturated rings. The number of nitrogens with zero attached hydrogens (tertiary/aromatic N) is 1. The molecule has 3 unspecified atom stereocenters. The average molecular weight is 534 g/mol. The van der Waals surface area contributed by atoms with Crippen LogP contribution < -0.4 is 10.6 Å². The van der Waals surface area contributed by atoms with E-state index in [1.165, 1.54) is 12.1 Å². The molecule has 212 valence electrons. The van der Waals surface area contributed by atoms with Gasteiger partial charge < -0.3 is 30.1 Å². The Morgan fingerprint density at radius 3 is 2.24 bits per heavy atom. The van der Waals surface area contributed by atoms with Gasteiger partial charge in [0.05, 0.1) is 13.0 Å². The molecule has 38 heavy (non-hydrogen) atoms. The first-order valence-electron chi connectivity index (χ1n) is 13.4. The van der Waals surface area contributed by atoms with Crippen LogP contribution in [0.25, 0.3) is 0 Å². The van der Waals surface area contributed by atoms with E-state index in [9.17, 15) is 24.3 Å². The minimum absolute atomic E-state index is 0.00501. The van der Waals surface area contributed by atoms with Gasteiger partial charge in [0.25, 0.3) is 0 Å². The van der Waals surface area contributed by atoms with E-state index < -0.39 is 35.7 Å². The number of carbonyl (C=O) groups excluding carboxylic acids is 4. The molecule has 0 saturated heterocycles. The second-order valence-corrected chi connectivity index (χ2v) is 10.7. The SMILES string of the molecule is CCOC(=O)CCNC(=O)C(c1ccc(O)cc1)N(C(=O)C(NC(=O)OC(C)(C)C)C(C)CC)C1CCC1. The molecule has 0 aliphatic heterocycles. The number of hydrogen-bond donors (Lipinski definition) is 3. The van der Waals surface area contributed by atoms with Crippen LogP contribution in [0.1, 0.15) is 85.3 Å². The molecule has 1 saturated carbocycles. The second kappa shape index (κ2) is 14.0. The highest BCUT2D eigenvalue weighted by molar-refractivity contribution is 5.92. The Kier molecular flexibility index (Phi) is 11.4. The maximum absolute atomic E-state index is 14.2. The van der Waals surface area contributed by atoms with Crippen molar-refractivity contribution in [1.82, 2.24) is 15.5 Å². The molecule has 0 heterocycles. The van der Waals surface area contributed by atoms with Crippen LogP contribution in [0, 0.1) is 5.92 Å². The van der Waals surface area contributed by atoms with Gasteiger partial charge in [-0.2, -0.15) is 0 Å². The predicted molar refractivity (Wildman–Crippen MR) is 142 cm³/mol. The van der Waals surface area contributed by atoms with Gasteiger partial charge in [-0.1, -0.05) is 32.4 Å². The number of rotatable bonds is 12. The molecule has 0 radical (unpaired) electrons. The van der Waals surface area contributed by atoms with Gasteiger partial charge in [-0.25, -0.2) is 4.79 Å². The third-order valence-corrected chi connectivity index (χ3v) is 6.54. The van der Waals surface area contributed by atoms with Gasteiger partial charge in [0.15, 0.2) is 0 Å². The van der Waals surface area contributed by atoms with Crippen molar-refractivity contribution in [3.05, 3.63) is 29.8 Å². The monoisotopic (exact) mass is 533 g/mol. The summed E-state index contributed by atoms with van der Waals surface area (Å²) in [7, 11) is 0. The first-order valence-corrected chi connectivity index (χ1v) is 13.4. The summed E-state index contributed by atoms with van der Waals surface area (Å²) in [6, 6.07) is 3.98. The molecule has 1 aliphatic carbocycles. The summed E-state index contributed by atoms with van der Waals surface area (Å²) >= 11 is 0. The van der Waals surface area contributed by atoms with Crippen LogP contribution in [0.4, 0.5) is 4.79 Å². The van der Waals surface area contributed by atoms with E-state index in [0.29, 0.717) is 12.0 Å². The van der Waals surface area contributed by atoms with E-state index in [-0.39, 0.29) is 43.2 Å². The highest BCUT2D eigenvalue weighted by Crippen LogP contribution is 2.35. The molecular weight excluding hydrogens is 490 g/mol. The van der Waals surface area contributed by atoms with Crippen molar-refractivity contribution in [3.63, 3.8) is 0 Å². The van der Waals surface area contributed by atoms with Gasteiger partial charge >= 0.3 is 12.1 Å². The lowest BCUT2D eigenvalue weighted by molar-refractivity contribution is -0.149. The fourth-order valence-electron chi connectivity index (χ4n) is 4.17. The molecule has 1 aromatic rings. The molecule has 10 heteroatoms. The van der Waals surface area contributed by atoms with Crippen LogP contribution >= 0.6 is 0 Å². The topological polar surface area (TPSA) is 134 Å². The molecule has 3 N–H and O–H groups in total. The van der Waals surface area contributed by atoms with E-state index in [1.54, 1.807) is 44.7 Å². The number of esters is 1. The lowest BCUT2D eigenvalue weighted by Gasteiger charge is -2.44. The summed E-state index contributed by atoms with van der Waals surface area (Å²) in [6.45, 7) is 11.0. The van der Waals surface area contributed by atoms with E-state index in [0.717, 1.165) is 19.3 Å². The third kappa shape index (κ3) is 8.92. The highest BCUT2D eigenvalue weighted by atomic mass is 16.6. The van der Waals surface area contributed by atoms with Crippen molar-refractivity contribution in [2.24, 2.45) is 5.92 Å². The highest BCUT2D eigenvalue weighted by Gasteiger charge is 2.43. The van der Waals surface area contributed by atoms with Gasteiger partial charge in [-0.05, 0) is 70.6 Å². The fourth-order valence-corrected chi connectivity index (χ4v) is 4.17. The maximum atomic E-state index is 14.2. The van der Waals surface area contributed by atoms with Crippen molar-refractivity contribution in [2.45, 2.75) is 97.4 Å². The number of alkyl carbamates (subject to hydrolysis) is 1. The van der Waals surface area contributed by atoms with Crippen LogP contribution in [-0.4, -0.2) is 64.7 Å². The predicted octanol–water partition coefficient (Wildman–Crippen LogP) is 3.82. The molecule has 0 bridgehead atoms. The number of aromatic hydroxyl groups is 1. The van der Waals surface area contributed by atoms with Crippen molar-refractivity contribution in [3.8, 4) is 5.75 Å². The van der Waals surface area contributed by atoms with Crippen LogP contribution in [-0.2, 0) is 23.9 Å². The van der Waals surface area contributed by atoms with Gasteiger partial charge in [-0.15, -0.1) is 0 Å². The van der Waals surface area contributed by atoms with Crippen LogP contribution in [0.3, 0.4) is 0 Å². The number of phenols is 1. The zero-order valence-electron chi connectivity index (χ0n) is 23.4. The lowest BCUT2D eigenvalue weighted by Crippen LogP contribution is -2.59. The number of benzene rings is 1. The molecule has 3 amide bonds. The normalized spacial score (nSPS) is 15.8. The van der Waals surface area contributed by atoms with Crippen molar-refractivity contribution < 1.29 is 33.8 Å². The van der Waals surface area contributed by atoms with Gasteiger partial charge in [0.1, 0.15) is 23.4 Å². The largest absolute Gasteiger partial charge is 0.508 e. The summed E-state index contributed by atoms with van der Waals surface area (Å²) in [4.78, 5) is 53.8. The summed E-state index contributed by atoms with van der Waals surface area (Å²) in [5, 5.41) is 15.4. The van der Waals surface area contributed by atoms with Crippen LogP contribution in [0.5, 0.6) is 5.75 Å². The molecule has 10 nitrogen and oxygen atoms in total. The first-order chi connectivity index (χ1) is 17.9. The third-order valence-electron chi connectivity index (χ3n) is 6.54. The zero-order valence-corrected chi connectivity index (χ0v) is 23.4. The van der Waals surface area contributed by atoms with E-state index in [1.807, 2.05) is 13.8 Å². The van der Waals surface area contributed by atoms with E-state index in [4.69, 9.17) is 9.47 Å². The molecule has 2 rings (SSSR count). The average Bonchev–Trinajstić information content (AvgIpc) is 2.80. The summed E-state index contributed by atoms with van der Waals surface area (Å²) < 4.78 is 10.4. The molecule has 0 spiro atoms. The number of nitrogens with one attached hydrogen (secondary N) is 2. The number of phenolic OH excluding ortho intramolecular Hbond substituents is 1. The Hall–Kier alpha value is -3.30. The lowest BCUT2D eigenvalue weighted by atomic mass is 9.86. The van der Waals surface area contributed by atoms with Crippen molar-refractivity contribution in [1.29, 1.82) is 0 Å². The fraction of sp³-hybridized carbons (Fsp3) is 0.643. The Morgan fingerprint density at radius 1 is 1.11 bits per heavy atom. The number of amides is 3. The van der Waals surface area contributed by atoms with E-state index in [2.05, 4.69) is 10.6 Å². The molecule has 1 aliphatic rings. The zero-order chi connectivity index (χ0) is 28.5. The Bertz CT molecular complexity index is 954. The Morgan fingerprint density at radius 2 is 1.74 bits per heavy atom. The molecule has 3 atom stereocenters. The summed E-state index contributed by atoms with van der Waals surface area (Å²) in [6.07, 6.45) is 2.25. The Labute approximate surface area is 225 Å². The van der Waals surface area contributed by atoms with Gasteiger partial charge in [0, 0.05) is 12.6 Å². The van der Waals surface area contributed by atoms with Crippen LogP contribution in [0.15, 0.2) is 24.3 Å². The number of hydrogen-bond acceptors (Lipinski definition) is 7. The number of ether oxygens (including phenoxy) is 2. The van der Waals surface area contributed by atoms with Gasteiger partial charge in [0.2, 0.25) is 11.8 Å². The molecular formula is C28H43N3O7. The van der Waals surface area contributed by atoms with E-state index >= 15 is 0 Å². The van der Waals surface area contributed by atoms with Crippen LogP contribution in [0.2, 0.25) is 0 Å². The number of carbonyl (C=O) groups is 4. The molecule has 0 aromatic heterocycles.